The Kier molecular flexibility index (Phi) is 6.22. The SMILES string of the molecule is CN(C)C(=O)c1ccc(CNC(=O)C(c2ccccc2)c2ccccc2)cc1. The molecule has 0 aliphatic carbocycles. The van der Waals surface area contributed by atoms with E-state index < -0.39 is 0 Å². The monoisotopic (exact) mass is 372 g/mol. The summed E-state index contributed by atoms with van der Waals surface area (Å²) in [4.78, 5) is 26.5. The number of amides is 2. The quantitative estimate of drug-likeness (QED) is 0.715. The lowest BCUT2D eigenvalue weighted by Gasteiger charge is -2.18. The normalized spacial score (nSPS) is 10.5. The maximum atomic E-state index is 13.0. The molecule has 3 aromatic rings. The van der Waals surface area contributed by atoms with Crippen molar-refractivity contribution < 1.29 is 9.59 Å². The second-order valence-corrected chi connectivity index (χ2v) is 6.87. The minimum absolute atomic E-state index is 0.0381. The van der Waals surface area contributed by atoms with Gasteiger partial charge in [0.25, 0.3) is 5.91 Å². The topological polar surface area (TPSA) is 49.4 Å². The van der Waals surface area contributed by atoms with Gasteiger partial charge in [-0.05, 0) is 28.8 Å². The summed E-state index contributed by atoms with van der Waals surface area (Å²) in [6.45, 7) is 0.408. The molecule has 142 valence electrons. The van der Waals surface area contributed by atoms with Crippen LogP contribution in [0.3, 0.4) is 0 Å². The van der Waals surface area contributed by atoms with Crippen LogP contribution in [0.15, 0.2) is 84.9 Å². The third-order valence-electron chi connectivity index (χ3n) is 4.60. The number of rotatable bonds is 6. The van der Waals surface area contributed by atoms with E-state index in [0.29, 0.717) is 12.1 Å². The Labute approximate surface area is 165 Å². The Morgan fingerprint density at radius 2 is 1.29 bits per heavy atom. The van der Waals surface area contributed by atoms with Crippen molar-refractivity contribution in [3.8, 4) is 0 Å². The Bertz CT molecular complexity index is 880. The highest BCUT2D eigenvalue weighted by molar-refractivity contribution is 5.93. The summed E-state index contributed by atoms with van der Waals surface area (Å²) in [5.41, 5.74) is 3.49. The Morgan fingerprint density at radius 1 is 0.786 bits per heavy atom. The first kappa shape index (κ1) is 19.4. The smallest absolute Gasteiger partial charge is 0.253 e. The molecule has 3 rings (SSSR count). The maximum absolute atomic E-state index is 13.0. The molecule has 0 saturated carbocycles. The largest absolute Gasteiger partial charge is 0.351 e. The van der Waals surface area contributed by atoms with E-state index in [-0.39, 0.29) is 17.7 Å². The molecule has 0 aliphatic heterocycles. The Morgan fingerprint density at radius 3 is 1.75 bits per heavy atom. The van der Waals surface area contributed by atoms with Gasteiger partial charge in [-0.3, -0.25) is 9.59 Å². The Balaban J connectivity index is 1.73. The number of carbonyl (C=O) groups excluding carboxylic acids is 2. The molecule has 28 heavy (non-hydrogen) atoms. The van der Waals surface area contributed by atoms with Crippen molar-refractivity contribution in [1.82, 2.24) is 10.2 Å². The summed E-state index contributed by atoms with van der Waals surface area (Å²) in [6.07, 6.45) is 0. The molecule has 0 unspecified atom stereocenters. The average Bonchev–Trinajstić information content (AvgIpc) is 2.74. The predicted octanol–water partition coefficient (Wildman–Crippen LogP) is 3.84. The van der Waals surface area contributed by atoms with Gasteiger partial charge in [0.2, 0.25) is 5.91 Å². The number of benzene rings is 3. The van der Waals surface area contributed by atoms with Crippen LogP contribution >= 0.6 is 0 Å². The standard InChI is InChI=1S/C24H24N2O2/c1-26(2)24(28)21-15-13-18(14-16-21)17-25-23(27)22(19-9-5-3-6-10-19)20-11-7-4-8-12-20/h3-16,22H,17H2,1-2H3,(H,25,27). The lowest BCUT2D eigenvalue weighted by atomic mass is 9.90. The van der Waals surface area contributed by atoms with Crippen LogP contribution in [0.5, 0.6) is 0 Å². The third kappa shape index (κ3) is 4.65. The van der Waals surface area contributed by atoms with Crippen LogP contribution in [0.1, 0.15) is 33.0 Å². The van der Waals surface area contributed by atoms with Gasteiger partial charge in [0.05, 0.1) is 5.92 Å². The van der Waals surface area contributed by atoms with Crippen LogP contribution in [-0.2, 0) is 11.3 Å². The molecule has 0 aromatic heterocycles. The number of hydrogen-bond acceptors (Lipinski definition) is 2. The van der Waals surface area contributed by atoms with E-state index in [4.69, 9.17) is 0 Å². The summed E-state index contributed by atoms with van der Waals surface area (Å²) in [5.74, 6) is -0.452. The van der Waals surface area contributed by atoms with Crippen molar-refractivity contribution in [2.45, 2.75) is 12.5 Å². The van der Waals surface area contributed by atoms with Gasteiger partial charge >= 0.3 is 0 Å². The second-order valence-electron chi connectivity index (χ2n) is 6.87. The van der Waals surface area contributed by atoms with Crippen LogP contribution in [0.2, 0.25) is 0 Å². The zero-order valence-electron chi connectivity index (χ0n) is 16.1. The second kappa shape index (κ2) is 9.00. The summed E-state index contributed by atoms with van der Waals surface area (Å²) in [7, 11) is 3.45. The van der Waals surface area contributed by atoms with Gasteiger partial charge in [-0.1, -0.05) is 72.8 Å². The maximum Gasteiger partial charge on any atom is 0.253 e. The molecule has 4 heteroatoms. The molecule has 3 aromatic carbocycles. The van der Waals surface area contributed by atoms with Gasteiger partial charge in [-0.2, -0.15) is 0 Å². The van der Waals surface area contributed by atoms with Crippen LogP contribution in [0.4, 0.5) is 0 Å². The molecule has 0 radical (unpaired) electrons. The van der Waals surface area contributed by atoms with Gasteiger partial charge in [0, 0.05) is 26.2 Å². The van der Waals surface area contributed by atoms with Gasteiger partial charge in [0.15, 0.2) is 0 Å². The first-order valence-electron chi connectivity index (χ1n) is 9.24. The zero-order chi connectivity index (χ0) is 19.9. The van der Waals surface area contributed by atoms with Crippen molar-refractivity contribution in [2.75, 3.05) is 14.1 Å². The minimum Gasteiger partial charge on any atom is -0.351 e. The minimum atomic E-state index is -0.364. The molecule has 0 heterocycles. The molecule has 0 spiro atoms. The fourth-order valence-corrected chi connectivity index (χ4v) is 3.10. The van der Waals surface area contributed by atoms with E-state index in [1.165, 1.54) is 0 Å². The lowest BCUT2D eigenvalue weighted by Crippen LogP contribution is -2.29. The van der Waals surface area contributed by atoms with Crippen molar-refractivity contribution in [2.24, 2.45) is 0 Å². The molecule has 4 nitrogen and oxygen atoms in total. The van der Waals surface area contributed by atoms with Gasteiger partial charge in [-0.25, -0.2) is 0 Å². The summed E-state index contributed by atoms with van der Waals surface area (Å²) in [5, 5.41) is 3.03. The number of hydrogen-bond donors (Lipinski definition) is 1. The molecule has 0 aliphatic rings. The van der Waals surface area contributed by atoms with Crippen molar-refractivity contribution in [3.05, 3.63) is 107 Å². The van der Waals surface area contributed by atoms with E-state index in [1.807, 2.05) is 72.8 Å². The van der Waals surface area contributed by atoms with Crippen LogP contribution < -0.4 is 5.32 Å². The highest BCUT2D eigenvalue weighted by Gasteiger charge is 2.22. The van der Waals surface area contributed by atoms with Crippen molar-refractivity contribution in [3.63, 3.8) is 0 Å². The first-order chi connectivity index (χ1) is 13.6. The molecule has 0 fully saturated rings. The van der Waals surface area contributed by atoms with Crippen molar-refractivity contribution in [1.29, 1.82) is 0 Å². The van der Waals surface area contributed by atoms with Gasteiger partial charge < -0.3 is 10.2 Å². The lowest BCUT2D eigenvalue weighted by molar-refractivity contribution is -0.121. The Hall–Kier alpha value is -3.40. The van der Waals surface area contributed by atoms with E-state index in [9.17, 15) is 9.59 Å². The first-order valence-corrected chi connectivity index (χ1v) is 9.24. The fourth-order valence-electron chi connectivity index (χ4n) is 3.10. The zero-order valence-corrected chi connectivity index (χ0v) is 16.1. The predicted molar refractivity (Wildman–Crippen MR) is 111 cm³/mol. The number of nitrogens with one attached hydrogen (secondary N) is 1. The van der Waals surface area contributed by atoms with E-state index in [2.05, 4.69) is 5.32 Å². The van der Waals surface area contributed by atoms with E-state index in [0.717, 1.165) is 16.7 Å². The molecule has 0 bridgehead atoms. The number of carbonyl (C=O) groups is 2. The molecule has 2 amide bonds. The molecule has 0 saturated heterocycles. The van der Waals surface area contributed by atoms with Gasteiger partial charge in [0.1, 0.15) is 0 Å². The molecule has 1 N–H and O–H groups in total. The summed E-state index contributed by atoms with van der Waals surface area (Å²) < 4.78 is 0. The number of nitrogens with zero attached hydrogens (tertiary/aromatic N) is 1. The fraction of sp³-hybridized carbons (Fsp3) is 0.167. The molecule has 0 atom stereocenters. The van der Waals surface area contributed by atoms with Gasteiger partial charge in [-0.15, -0.1) is 0 Å². The third-order valence-corrected chi connectivity index (χ3v) is 4.60. The molecular weight excluding hydrogens is 348 g/mol. The van der Waals surface area contributed by atoms with Crippen LogP contribution in [0.25, 0.3) is 0 Å². The summed E-state index contributed by atoms with van der Waals surface area (Å²) in [6, 6.07) is 26.9. The van der Waals surface area contributed by atoms with Crippen molar-refractivity contribution >= 4 is 11.8 Å². The highest BCUT2D eigenvalue weighted by Crippen LogP contribution is 2.24. The van der Waals surface area contributed by atoms with E-state index in [1.54, 1.807) is 31.1 Å². The van der Waals surface area contributed by atoms with Crippen LogP contribution in [-0.4, -0.2) is 30.8 Å². The highest BCUT2D eigenvalue weighted by atomic mass is 16.2. The van der Waals surface area contributed by atoms with Crippen LogP contribution in [0, 0.1) is 0 Å². The van der Waals surface area contributed by atoms with E-state index >= 15 is 0 Å². The average molecular weight is 372 g/mol. The summed E-state index contributed by atoms with van der Waals surface area (Å²) >= 11 is 0. The molecular formula is C24H24N2O2.